The molecule has 2 heterocycles. The molecule has 0 aliphatic carbocycles. The van der Waals surface area contributed by atoms with E-state index in [4.69, 9.17) is 16.3 Å². The lowest BCUT2D eigenvalue weighted by molar-refractivity contribution is 0.123. The van der Waals surface area contributed by atoms with Crippen molar-refractivity contribution >= 4 is 11.6 Å². The monoisotopic (exact) mass is 243 g/mol. The van der Waals surface area contributed by atoms with E-state index in [1.54, 1.807) is 0 Å². The van der Waals surface area contributed by atoms with Crippen LogP contribution in [0.15, 0.2) is 0 Å². The van der Waals surface area contributed by atoms with Crippen molar-refractivity contribution in [2.24, 2.45) is 0 Å². The standard InChI is InChI=1S/C11H18ClN3O/c1-3-4-15-10(6-12)13-14-11(15)9-5-8(2)16-7-9/h8-9H,3-7H2,1-2H3. The summed E-state index contributed by atoms with van der Waals surface area (Å²) >= 11 is 5.86. The first-order valence-electron chi connectivity index (χ1n) is 5.85. The number of ether oxygens (including phenoxy) is 1. The van der Waals surface area contributed by atoms with Crippen LogP contribution in [0.2, 0.25) is 0 Å². The Balaban J connectivity index is 2.22. The summed E-state index contributed by atoms with van der Waals surface area (Å²) < 4.78 is 7.73. The van der Waals surface area contributed by atoms with Crippen molar-refractivity contribution in [2.75, 3.05) is 6.61 Å². The Morgan fingerprint density at radius 3 is 2.88 bits per heavy atom. The van der Waals surface area contributed by atoms with Crippen LogP contribution in [0, 0.1) is 0 Å². The quantitative estimate of drug-likeness (QED) is 0.762. The molecular weight excluding hydrogens is 226 g/mol. The molecule has 1 aliphatic rings. The van der Waals surface area contributed by atoms with Crippen LogP contribution in [-0.2, 0) is 17.2 Å². The topological polar surface area (TPSA) is 39.9 Å². The Kier molecular flexibility index (Phi) is 3.82. The van der Waals surface area contributed by atoms with Gasteiger partial charge in [-0.05, 0) is 19.8 Å². The molecule has 1 aliphatic heterocycles. The first-order valence-corrected chi connectivity index (χ1v) is 6.39. The summed E-state index contributed by atoms with van der Waals surface area (Å²) in [5, 5.41) is 8.42. The maximum Gasteiger partial charge on any atom is 0.147 e. The third-order valence-electron chi connectivity index (χ3n) is 2.99. The molecule has 4 nitrogen and oxygen atoms in total. The van der Waals surface area contributed by atoms with E-state index in [0.29, 0.717) is 17.9 Å². The van der Waals surface area contributed by atoms with Crippen molar-refractivity contribution in [3.8, 4) is 0 Å². The second-order valence-electron chi connectivity index (χ2n) is 4.34. The summed E-state index contributed by atoms with van der Waals surface area (Å²) in [6.07, 6.45) is 2.43. The second-order valence-corrected chi connectivity index (χ2v) is 4.60. The Bertz CT molecular complexity index is 353. The molecular formula is C11H18ClN3O. The van der Waals surface area contributed by atoms with Crippen LogP contribution < -0.4 is 0 Å². The number of hydrogen-bond donors (Lipinski definition) is 0. The average molecular weight is 244 g/mol. The van der Waals surface area contributed by atoms with Crippen molar-refractivity contribution in [2.45, 2.75) is 51.1 Å². The fourth-order valence-electron chi connectivity index (χ4n) is 2.21. The molecule has 2 atom stereocenters. The molecule has 2 rings (SSSR count). The summed E-state index contributed by atoms with van der Waals surface area (Å²) in [7, 11) is 0. The second kappa shape index (κ2) is 5.15. The molecule has 5 heteroatoms. The van der Waals surface area contributed by atoms with E-state index in [-0.39, 0.29) is 0 Å². The first kappa shape index (κ1) is 11.9. The van der Waals surface area contributed by atoms with Gasteiger partial charge in [0.25, 0.3) is 0 Å². The van der Waals surface area contributed by atoms with E-state index >= 15 is 0 Å². The largest absolute Gasteiger partial charge is 0.378 e. The highest BCUT2D eigenvalue weighted by molar-refractivity contribution is 6.16. The molecule has 0 saturated carbocycles. The zero-order valence-electron chi connectivity index (χ0n) is 9.82. The number of halogens is 1. The predicted octanol–water partition coefficient (Wildman–Crippen LogP) is 2.32. The van der Waals surface area contributed by atoms with Crippen LogP contribution in [0.5, 0.6) is 0 Å². The summed E-state index contributed by atoms with van der Waals surface area (Å²) in [4.78, 5) is 0. The zero-order chi connectivity index (χ0) is 11.5. The van der Waals surface area contributed by atoms with E-state index in [9.17, 15) is 0 Å². The zero-order valence-corrected chi connectivity index (χ0v) is 10.6. The van der Waals surface area contributed by atoms with Crippen molar-refractivity contribution in [1.82, 2.24) is 14.8 Å². The molecule has 0 bridgehead atoms. The van der Waals surface area contributed by atoms with Crippen molar-refractivity contribution < 1.29 is 4.74 Å². The van der Waals surface area contributed by atoms with Gasteiger partial charge in [-0.15, -0.1) is 21.8 Å². The molecule has 1 fully saturated rings. The predicted molar refractivity (Wildman–Crippen MR) is 62.6 cm³/mol. The normalized spacial score (nSPS) is 25.2. The summed E-state index contributed by atoms with van der Waals surface area (Å²) in [6.45, 7) is 5.94. The average Bonchev–Trinajstić information content (AvgIpc) is 2.85. The van der Waals surface area contributed by atoms with Gasteiger partial charge in [0.15, 0.2) is 0 Å². The van der Waals surface area contributed by atoms with Crippen LogP contribution in [0.1, 0.15) is 44.3 Å². The van der Waals surface area contributed by atoms with Gasteiger partial charge in [-0.1, -0.05) is 6.92 Å². The smallest absolute Gasteiger partial charge is 0.147 e. The highest BCUT2D eigenvalue weighted by Crippen LogP contribution is 2.28. The van der Waals surface area contributed by atoms with Crippen LogP contribution in [-0.4, -0.2) is 27.5 Å². The van der Waals surface area contributed by atoms with Gasteiger partial charge in [-0.2, -0.15) is 0 Å². The summed E-state index contributed by atoms with van der Waals surface area (Å²) in [6, 6.07) is 0. The van der Waals surface area contributed by atoms with Crippen LogP contribution in [0.25, 0.3) is 0 Å². The molecule has 0 spiro atoms. The van der Waals surface area contributed by atoms with E-state index < -0.39 is 0 Å². The van der Waals surface area contributed by atoms with Gasteiger partial charge in [-0.25, -0.2) is 0 Å². The van der Waals surface area contributed by atoms with Gasteiger partial charge < -0.3 is 9.30 Å². The molecule has 0 aromatic carbocycles. The number of rotatable bonds is 4. The number of aromatic nitrogens is 3. The van der Waals surface area contributed by atoms with E-state index in [2.05, 4.69) is 28.6 Å². The van der Waals surface area contributed by atoms with E-state index in [1.165, 1.54) is 0 Å². The third kappa shape index (κ3) is 2.23. The first-order chi connectivity index (χ1) is 7.76. The lowest BCUT2D eigenvalue weighted by atomic mass is 10.1. The summed E-state index contributed by atoms with van der Waals surface area (Å²) in [5.41, 5.74) is 0. The Morgan fingerprint density at radius 1 is 1.50 bits per heavy atom. The lowest BCUT2D eigenvalue weighted by Crippen LogP contribution is -2.11. The molecule has 16 heavy (non-hydrogen) atoms. The minimum Gasteiger partial charge on any atom is -0.378 e. The van der Waals surface area contributed by atoms with Crippen molar-refractivity contribution in [3.05, 3.63) is 11.6 Å². The summed E-state index contributed by atoms with van der Waals surface area (Å²) in [5.74, 6) is 2.72. The van der Waals surface area contributed by atoms with E-state index in [0.717, 1.165) is 37.6 Å². The number of hydrogen-bond acceptors (Lipinski definition) is 3. The maximum absolute atomic E-state index is 5.86. The van der Waals surface area contributed by atoms with Gasteiger partial charge in [0.2, 0.25) is 0 Å². The minimum atomic E-state index is 0.330. The third-order valence-corrected chi connectivity index (χ3v) is 3.23. The van der Waals surface area contributed by atoms with Gasteiger partial charge >= 0.3 is 0 Å². The Morgan fingerprint density at radius 2 is 2.31 bits per heavy atom. The van der Waals surface area contributed by atoms with Crippen LogP contribution in [0.3, 0.4) is 0 Å². The molecule has 2 unspecified atom stereocenters. The van der Waals surface area contributed by atoms with Crippen LogP contribution >= 0.6 is 11.6 Å². The van der Waals surface area contributed by atoms with Gasteiger partial charge in [0.1, 0.15) is 11.6 Å². The van der Waals surface area contributed by atoms with Crippen molar-refractivity contribution in [1.29, 1.82) is 0 Å². The maximum atomic E-state index is 5.86. The molecule has 1 aromatic rings. The molecule has 1 saturated heterocycles. The van der Waals surface area contributed by atoms with Gasteiger partial charge in [-0.3, -0.25) is 0 Å². The number of nitrogens with zero attached hydrogens (tertiary/aromatic N) is 3. The number of alkyl halides is 1. The minimum absolute atomic E-state index is 0.330. The Labute approximate surface area is 101 Å². The Hall–Kier alpha value is -0.610. The fourth-order valence-corrected chi connectivity index (χ4v) is 2.41. The molecule has 0 radical (unpaired) electrons. The molecule has 1 aromatic heterocycles. The molecule has 0 N–H and O–H groups in total. The van der Waals surface area contributed by atoms with E-state index in [1.807, 2.05) is 0 Å². The highest BCUT2D eigenvalue weighted by atomic mass is 35.5. The van der Waals surface area contributed by atoms with Crippen molar-refractivity contribution in [3.63, 3.8) is 0 Å². The van der Waals surface area contributed by atoms with Gasteiger partial charge in [0.05, 0.1) is 18.6 Å². The SMILES string of the molecule is CCCn1c(CCl)nnc1C1COC(C)C1. The molecule has 90 valence electrons. The highest BCUT2D eigenvalue weighted by Gasteiger charge is 2.28. The molecule has 0 amide bonds. The van der Waals surface area contributed by atoms with Crippen LogP contribution in [0.4, 0.5) is 0 Å². The fraction of sp³-hybridized carbons (Fsp3) is 0.818. The lowest BCUT2D eigenvalue weighted by Gasteiger charge is -2.11. The van der Waals surface area contributed by atoms with Gasteiger partial charge in [0, 0.05) is 12.5 Å².